The maximum atomic E-state index is 8.85. The van der Waals surface area contributed by atoms with Crippen molar-refractivity contribution < 1.29 is 14.6 Å². The van der Waals surface area contributed by atoms with E-state index in [0.29, 0.717) is 11.6 Å². The summed E-state index contributed by atoms with van der Waals surface area (Å²) in [5.41, 5.74) is 0. The molecular weight excluding hydrogens is 266 g/mol. The van der Waals surface area contributed by atoms with E-state index >= 15 is 0 Å². The van der Waals surface area contributed by atoms with Crippen LogP contribution in [-0.4, -0.2) is 55.6 Å². The third-order valence-electron chi connectivity index (χ3n) is 3.09. The van der Waals surface area contributed by atoms with E-state index < -0.39 is 0 Å². The molecule has 1 aliphatic rings. The zero-order valence-corrected chi connectivity index (χ0v) is 11.7. The molecule has 1 aromatic carbocycles. The third kappa shape index (κ3) is 4.99. The van der Waals surface area contributed by atoms with Gasteiger partial charge in [-0.15, -0.1) is 0 Å². The Hall–Kier alpha value is -0.810. The quantitative estimate of drug-likeness (QED) is 0.865. The Kier molecular flexibility index (Phi) is 5.92. The molecule has 1 saturated heterocycles. The number of ether oxygens (including phenoxy) is 2. The molecule has 0 aliphatic carbocycles. The molecule has 0 bridgehead atoms. The number of aliphatic hydroxyl groups excluding tert-OH is 1. The third-order valence-corrected chi connectivity index (χ3v) is 3.32. The lowest BCUT2D eigenvalue weighted by Crippen LogP contribution is -2.45. The standard InChI is InChI=1S/C14H20ClNO3/c15-12-3-1-4-13(9-12)19-11-14-10-16(5-2-7-17)6-8-18-14/h1,3-4,9,14,17H,2,5-8,10-11H2. The normalized spacial score (nSPS) is 20.4. The van der Waals surface area contributed by atoms with E-state index in [9.17, 15) is 0 Å². The average molecular weight is 286 g/mol. The fourth-order valence-corrected chi connectivity index (χ4v) is 2.30. The van der Waals surface area contributed by atoms with E-state index in [2.05, 4.69) is 4.90 Å². The highest BCUT2D eigenvalue weighted by atomic mass is 35.5. The number of rotatable bonds is 6. The molecule has 0 amide bonds. The zero-order valence-electron chi connectivity index (χ0n) is 10.9. The molecule has 1 aliphatic heterocycles. The first-order valence-electron chi connectivity index (χ1n) is 6.61. The lowest BCUT2D eigenvalue weighted by Gasteiger charge is -2.32. The number of hydrogen-bond acceptors (Lipinski definition) is 4. The van der Waals surface area contributed by atoms with Gasteiger partial charge in [0, 0.05) is 31.3 Å². The van der Waals surface area contributed by atoms with E-state index in [-0.39, 0.29) is 12.7 Å². The average Bonchev–Trinajstić information content (AvgIpc) is 2.43. The minimum Gasteiger partial charge on any atom is -0.491 e. The van der Waals surface area contributed by atoms with Crippen molar-refractivity contribution in [2.24, 2.45) is 0 Å². The summed E-state index contributed by atoms with van der Waals surface area (Å²) in [6.45, 7) is 4.16. The summed E-state index contributed by atoms with van der Waals surface area (Å²) in [7, 11) is 0. The van der Waals surface area contributed by atoms with Crippen LogP contribution in [0.4, 0.5) is 0 Å². The molecule has 1 aromatic rings. The van der Waals surface area contributed by atoms with Crippen molar-refractivity contribution in [3.8, 4) is 5.75 Å². The fraction of sp³-hybridized carbons (Fsp3) is 0.571. The van der Waals surface area contributed by atoms with Gasteiger partial charge in [0.25, 0.3) is 0 Å². The summed E-state index contributed by atoms with van der Waals surface area (Å²) in [4.78, 5) is 2.30. The maximum absolute atomic E-state index is 8.85. The van der Waals surface area contributed by atoms with Gasteiger partial charge in [0.05, 0.1) is 6.61 Å². The summed E-state index contributed by atoms with van der Waals surface area (Å²) >= 11 is 5.90. The molecular formula is C14H20ClNO3. The summed E-state index contributed by atoms with van der Waals surface area (Å²) in [6.07, 6.45) is 0.883. The van der Waals surface area contributed by atoms with Crippen LogP contribution in [0.15, 0.2) is 24.3 Å². The number of morpholine rings is 1. The molecule has 0 aromatic heterocycles. The molecule has 5 heteroatoms. The van der Waals surface area contributed by atoms with Crippen molar-refractivity contribution in [1.82, 2.24) is 4.90 Å². The van der Waals surface area contributed by atoms with Crippen LogP contribution >= 0.6 is 11.6 Å². The number of aliphatic hydroxyl groups is 1. The van der Waals surface area contributed by atoms with Crippen molar-refractivity contribution in [3.63, 3.8) is 0 Å². The van der Waals surface area contributed by atoms with Crippen LogP contribution in [0, 0.1) is 0 Å². The van der Waals surface area contributed by atoms with Gasteiger partial charge in [-0.25, -0.2) is 0 Å². The largest absolute Gasteiger partial charge is 0.491 e. The molecule has 106 valence electrons. The van der Waals surface area contributed by atoms with Gasteiger partial charge in [0.1, 0.15) is 18.5 Å². The van der Waals surface area contributed by atoms with Gasteiger partial charge in [-0.2, -0.15) is 0 Å². The fourth-order valence-electron chi connectivity index (χ4n) is 2.12. The molecule has 0 spiro atoms. The van der Waals surface area contributed by atoms with Crippen molar-refractivity contribution in [1.29, 1.82) is 0 Å². The van der Waals surface area contributed by atoms with Crippen LogP contribution in [0.1, 0.15) is 6.42 Å². The highest BCUT2D eigenvalue weighted by Gasteiger charge is 2.20. The van der Waals surface area contributed by atoms with Gasteiger partial charge in [0.2, 0.25) is 0 Å². The smallest absolute Gasteiger partial charge is 0.120 e. The second kappa shape index (κ2) is 7.70. The molecule has 1 fully saturated rings. The molecule has 0 saturated carbocycles. The van der Waals surface area contributed by atoms with Gasteiger partial charge in [-0.1, -0.05) is 17.7 Å². The molecule has 1 N–H and O–H groups in total. The molecule has 0 radical (unpaired) electrons. The van der Waals surface area contributed by atoms with Crippen molar-refractivity contribution in [2.75, 3.05) is 39.5 Å². The molecule has 19 heavy (non-hydrogen) atoms. The summed E-state index contributed by atoms with van der Waals surface area (Å²) < 4.78 is 11.4. The van der Waals surface area contributed by atoms with E-state index in [1.165, 1.54) is 0 Å². The highest BCUT2D eigenvalue weighted by molar-refractivity contribution is 6.30. The Balaban J connectivity index is 1.76. The molecule has 4 nitrogen and oxygen atoms in total. The first-order valence-corrected chi connectivity index (χ1v) is 6.99. The number of benzene rings is 1. The second-order valence-electron chi connectivity index (χ2n) is 4.64. The van der Waals surface area contributed by atoms with Crippen LogP contribution in [0.3, 0.4) is 0 Å². The Morgan fingerprint density at radius 1 is 1.47 bits per heavy atom. The van der Waals surface area contributed by atoms with Crippen molar-refractivity contribution in [3.05, 3.63) is 29.3 Å². The highest BCUT2D eigenvalue weighted by Crippen LogP contribution is 2.18. The van der Waals surface area contributed by atoms with Gasteiger partial charge >= 0.3 is 0 Å². The van der Waals surface area contributed by atoms with E-state index in [4.69, 9.17) is 26.2 Å². The van der Waals surface area contributed by atoms with Gasteiger partial charge in [-0.05, 0) is 24.6 Å². The second-order valence-corrected chi connectivity index (χ2v) is 5.08. The van der Waals surface area contributed by atoms with Crippen LogP contribution in [-0.2, 0) is 4.74 Å². The van der Waals surface area contributed by atoms with Crippen LogP contribution in [0.5, 0.6) is 5.75 Å². The first-order chi connectivity index (χ1) is 9.28. The van der Waals surface area contributed by atoms with Crippen LogP contribution in [0.2, 0.25) is 5.02 Å². The Morgan fingerprint density at radius 2 is 2.37 bits per heavy atom. The maximum Gasteiger partial charge on any atom is 0.120 e. The van der Waals surface area contributed by atoms with Gasteiger partial charge in [0.15, 0.2) is 0 Å². The Morgan fingerprint density at radius 3 is 3.16 bits per heavy atom. The lowest BCUT2D eigenvalue weighted by molar-refractivity contribution is -0.0488. The Bertz CT molecular complexity index is 389. The van der Waals surface area contributed by atoms with Crippen molar-refractivity contribution >= 4 is 11.6 Å². The van der Waals surface area contributed by atoms with E-state index in [0.717, 1.165) is 38.4 Å². The number of nitrogens with zero attached hydrogens (tertiary/aromatic N) is 1. The zero-order chi connectivity index (χ0) is 13.5. The SMILES string of the molecule is OCCCN1CCOC(COc2cccc(Cl)c2)C1. The number of halogens is 1. The van der Waals surface area contributed by atoms with Crippen LogP contribution < -0.4 is 4.74 Å². The molecule has 1 unspecified atom stereocenters. The molecule has 2 rings (SSSR count). The van der Waals surface area contributed by atoms with Crippen LogP contribution in [0.25, 0.3) is 0 Å². The first kappa shape index (κ1) is 14.6. The summed E-state index contributed by atoms with van der Waals surface area (Å²) in [6, 6.07) is 7.38. The van der Waals surface area contributed by atoms with E-state index in [1.807, 2.05) is 18.2 Å². The van der Waals surface area contributed by atoms with Gasteiger partial charge < -0.3 is 14.6 Å². The monoisotopic (exact) mass is 285 g/mol. The van der Waals surface area contributed by atoms with Gasteiger partial charge in [-0.3, -0.25) is 4.90 Å². The number of hydrogen-bond donors (Lipinski definition) is 1. The minimum absolute atomic E-state index is 0.0754. The molecule has 1 heterocycles. The minimum atomic E-state index is 0.0754. The van der Waals surface area contributed by atoms with E-state index in [1.54, 1.807) is 6.07 Å². The summed E-state index contributed by atoms with van der Waals surface area (Å²) in [5.74, 6) is 0.767. The molecule has 1 atom stereocenters. The topological polar surface area (TPSA) is 41.9 Å². The Labute approximate surface area is 118 Å². The van der Waals surface area contributed by atoms with Crippen molar-refractivity contribution in [2.45, 2.75) is 12.5 Å². The predicted molar refractivity (Wildman–Crippen MR) is 74.8 cm³/mol. The lowest BCUT2D eigenvalue weighted by atomic mass is 10.2. The predicted octanol–water partition coefficient (Wildman–Crippen LogP) is 1.80. The summed E-state index contributed by atoms with van der Waals surface area (Å²) in [5, 5.41) is 9.52.